The summed E-state index contributed by atoms with van der Waals surface area (Å²) < 4.78 is 13.0. The van der Waals surface area contributed by atoms with Crippen LogP contribution in [0.3, 0.4) is 0 Å². The summed E-state index contributed by atoms with van der Waals surface area (Å²) in [5, 5.41) is 1.03. The molecule has 2 aromatic heterocycles. The van der Waals surface area contributed by atoms with Gasteiger partial charge >= 0.3 is 0 Å². The van der Waals surface area contributed by atoms with E-state index >= 15 is 0 Å². The Hall–Kier alpha value is -1.81. The number of hydrogen-bond acceptors (Lipinski definition) is 4. The molecule has 0 aliphatic heterocycles. The van der Waals surface area contributed by atoms with Crippen LogP contribution < -0.4 is 4.74 Å². The summed E-state index contributed by atoms with van der Waals surface area (Å²) in [5.74, 6) is 0.738. The Balaban J connectivity index is 2.46. The van der Waals surface area contributed by atoms with Gasteiger partial charge in [-0.1, -0.05) is 12.1 Å². The van der Waals surface area contributed by atoms with Crippen LogP contribution in [0.15, 0.2) is 28.7 Å². The quantitative estimate of drug-likeness (QED) is 0.644. The molecule has 0 aliphatic rings. The third kappa shape index (κ3) is 1.37. The lowest BCUT2D eigenvalue weighted by Gasteiger charge is -1.96. The molecule has 0 atom stereocenters. The second-order valence-electron chi connectivity index (χ2n) is 3.78. The Bertz CT molecular complexity index is 721. The van der Waals surface area contributed by atoms with Gasteiger partial charge in [-0.3, -0.25) is 4.79 Å². The van der Waals surface area contributed by atoms with Crippen molar-refractivity contribution >= 4 is 37.5 Å². The van der Waals surface area contributed by atoms with Crippen molar-refractivity contribution in [1.29, 1.82) is 0 Å². The number of benzene rings is 1. The van der Waals surface area contributed by atoms with E-state index in [2.05, 4.69) is 0 Å². The Morgan fingerprint density at radius 1 is 1.35 bits per heavy atom. The van der Waals surface area contributed by atoms with Crippen LogP contribution >= 0.6 is 11.3 Å². The Kier molecular flexibility index (Phi) is 2.19. The highest BCUT2D eigenvalue weighted by Gasteiger charge is 2.22. The van der Waals surface area contributed by atoms with Gasteiger partial charge < -0.3 is 9.15 Å². The van der Waals surface area contributed by atoms with E-state index in [1.165, 1.54) is 6.92 Å². The predicted octanol–water partition coefficient (Wildman–Crippen LogP) is 3.86. The minimum Gasteiger partial charge on any atom is -0.491 e. The molecule has 86 valence electrons. The molecule has 0 unspecified atom stereocenters. The van der Waals surface area contributed by atoms with Crippen molar-refractivity contribution in [3.05, 3.63) is 30.0 Å². The van der Waals surface area contributed by atoms with E-state index in [0.29, 0.717) is 11.5 Å². The molecule has 1 aromatic carbocycles. The first-order valence-electron chi connectivity index (χ1n) is 5.21. The number of furan rings is 1. The largest absolute Gasteiger partial charge is 0.491 e. The third-order valence-electron chi connectivity index (χ3n) is 2.69. The molecule has 0 radical (unpaired) electrons. The fourth-order valence-electron chi connectivity index (χ4n) is 1.94. The Labute approximate surface area is 102 Å². The molecule has 17 heavy (non-hydrogen) atoms. The van der Waals surface area contributed by atoms with Crippen LogP contribution in [-0.2, 0) is 0 Å². The Morgan fingerprint density at radius 2 is 2.12 bits per heavy atom. The van der Waals surface area contributed by atoms with Crippen molar-refractivity contribution in [2.45, 2.75) is 6.92 Å². The van der Waals surface area contributed by atoms with Gasteiger partial charge in [0.25, 0.3) is 0 Å². The van der Waals surface area contributed by atoms with Gasteiger partial charge in [0.2, 0.25) is 5.76 Å². The van der Waals surface area contributed by atoms with Crippen LogP contribution in [0.25, 0.3) is 20.4 Å². The maximum Gasteiger partial charge on any atom is 0.213 e. The molecule has 3 nitrogen and oxygen atoms in total. The van der Waals surface area contributed by atoms with Crippen LogP contribution in [0, 0.1) is 0 Å². The predicted molar refractivity (Wildman–Crippen MR) is 68.2 cm³/mol. The maximum atomic E-state index is 11.5. The topological polar surface area (TPSA) is 39.4 Å². The number of ketones is 1. The fraction of sp³-hybridized carbons (Fsp3) is 0.154. The molecular weight excluding hydrogens is 236 g/mol. The highest BCUT2D eigenvalue weighted by Crippen LogP contribution is 2.43. The summed E-state index contributed by atoms with van der Waals surface area (Å²) >= 11 is 1.58. The second kappa shape index (κ2) is 3.60. The van der Waals surface area contributed by atoms with Gasteiger partial charge in [0.1, 0.15) is 4.70 Å². The van der Waals surface area contributed by atoms with Gasteiger partial charge in [-0.25, -0.2) is 0 Å². The molecule has 4 heteroatoms. The number of methoxy groups -OCH3 is 1. The first-order chi connectivity index (χ1) is 8.22. The van der Waals surface area contributed by atoms with Gasteiger partial charge in [-0.05, 0) is 12.1 Å². The van der Waals surface area contributed by atoms with Crippen LogP contribution in [0.1, 0.15) is 17.5 Å². The summed E-state index contributed by atoms with van der Waals surface area (Å²) in [6, 6.07) is 7.95. The normalized spacial score (nSPS) is 11.2. The number of carbonyl (C=O) groups is 1. The second-order valence-corrected chi connectivity index (χ2v) is 4.83. The zero-order valence-corrected chi connectivity index (χ0v) is 10.3. The van der Waals surface area contributed by atoms with Crippen molar-refractivity contribution in [1.82, 2.24) is 0 Å². The summed E-state index contributed by atoms with van der Waals surface area (Å²) in [4.78, 5) is 11.5. The summed E-state index contributed by atoms with van der Waals surface area (Å²) in [7, 11) is 1.56. The lowest BCUT2D eigenvalue weighted by atomic mass is 10.2. The van der Waals surface area contributed by atoms with E-state index in [4.69, 9.17) is 9.15 Å². The van der Waals surface area contributed by atoms with Crippen LogP contribution in [0.2, 0.25) is 0 Å². The van der Waals surface area contributed by atoms with Crippen LogP contribution in [-0.4, -0.2) is 12.9 Å². The highest BCUT2D eigenvalue weighted by atomic mass is 32.1. The van der Waals surface area contributed by atoms with Crippen molar-refractivity contribution < 1.29 is 13.9 Å². The van der Waals surface area contributed by atoms with E-state index in [1.807, 2.05) is 24.3 Å². The maximum absolute atomic E-state index is 11.5. The number of carbonyl (C=O) groups excluding carboxylic acids is 1. The number of ether oxygens (including phenoxy) is 1. The smallest absolute Gasteiger partial charge is 0.213 e. The van der Waals surface area contributed by atoms with Crippen molar-refractivity contribution in [3.8, 4) is 5.75 Å². The lowest BCUT2D eigenvalue weighted by molar-refractivity contribution is 0.0985. The van der Waals surface area contributed by atoms with Crippen LogP contribution in [0.4, 0.5) is 0 Å². The molecular formula is C13H10O3S. The van der Waals surface area contributed by atoms with E-state index in [0.717, 1.165) is 20.4 Å². The molecule has 0 spiro atoms. The van der Waals surface area contributed by atoms with E-state index in [9.17, 15) is 4.79 Å². The molecule has 3 aromatic rings. The first kappa shape index (κ1) is 10.4. The van der Waals surface area contributed by atoms with Crippen molar-refractivity contribution in [2.75, 3.05) is 7.11 Å². The molecule has 0 amide bonds. The number of thiophene rings is 1. The van der Waals surface area contributed by atoms with Crippen molar-refractivity contribution in [3.63, 3.8) is 0 Å². The minimum absolute atomic E-state index is 0.116. The Morgan fingerprint density at radius 3 is 2.82 bits per heavy atom. The molecule has 0 bridgehead atoms. The fourth-order valence-corrected chi connectivity index (χ4v) is 3.09. The molecule has 0 N–H and O–H groups in total. The third-order valence-corrected chi connectivity index (χ3v) is 3.84. The molecule has 2 heterocycles. The monoisotopic (exact) mass is 246 g/mol. The van der Waals surface area contributed by atoms with E-state index in [1.54, 1.807) is 18.4 Å². The van der Waals surface area contributed by atoms with E-state index in [-0.39, 0.29) is 5.78 Å². The SMILES string of the molecule is COc1c(C(C)=O)oc2c1sc1ccccc12. The zero-order chi connectivity index (χ0) is 12.0. The van der Waals surface area contributed by atoms with Crippen LogP contribution in [0.5, 0.6) is 5.75 Å². The number of fused-ring (bicyclic) bond motifs is 3. The standard InChI is InChI=1S/C13H10O3S/c1-7(14)10-12(15-2)13-11(16-10)8-5-3-4-6-9(8)17-13/h3-6H,1-2H3. The average molecular weight is 246 g/mol. The van der Waals surface area contributed by atoms with Gasteiger partial charge in [0.15, 0.2) is 17.1 Å². The number of Topliss-reactive ketones (excluding diaryl/α,β-unsaturated/α-hetero) is 1. The summed E-state index contributed by atoms with van der Waals surface area (Å²) in [6.45, 7) is 1.48. The van der Waals surface area contributed by atoms with E-state index < -0.39 is 0 Å². The zero-order valence-electron chi connectivity index (χ0n) is 9.44. The molecule has 0 saturated carbocycles. The number of rotatable bonds is 2. The molecule has 0 aliphatic carbocycles. The molecule has 3 rings (SSSR count). The van der Waals surface area contributed by atoms with Crippen molar-refractivity contribution in [2.24, 2.45) is 0 Å². The molecule has 0 fully saturated rings. The van der Waals surface area contributed by atoms with Gasteiger partial charge in [-0.2, -0.15) is 0 Å². The average Bonchev–Trinajstić information content (AvgIpc) is 2.83. The first-order valence-corrected chi connectivity index (χ1v) is 6.03. The molecule has 0 saturated heterocycles. The van der Waals surface area contributed by atoms with Gasteiger partial charge in [-0.15, -0.1) is 11.3 Å². The van der Waals surface area contributed by atoms with Gasteiger partial charge in [0, 0.05) is 17.0 Å². The number of hydrogen-bond donors (Lipinski definition) is 0. The summed E-state index contributed by atoms with van der Waals surface area (Å²) in [5.41, 5.74) is 0.743. The minimum atomic E-state index is -0.116. The highest BCUT2D eigenvalue weighted by molar-refractivity contribution is 7.26. The summed E-state index contributed by atoms with van der Waals surface area (Å²) in [6.07, 6.45) is 0. The van der Waals surface area contributed by atoms with Gasteiger partial charge in [0.05, 0.1) is 7.11 Å². The lowest BCUT2D eigenvalue weighted by Crippen LogP contribution is -1.92.